The molecule has 0 aliphatic carbocycles. The number of ether oxygens (including phenoxy) is 1. The molecular formula is C18H19FN2O2S. The van der Waals surface area contributed by atoms with Crippen molar-refractivity contribution in [2.45, 2.75) is 31.7 Å². The smallest absolute Gasteiger partial charge is 0.272 e. The Kier molecular flexibility index (Phi) is 5.35. The van der Waals surface area contributed by atoms with Gasteiger partial charge in [0, 0.05) is 28.8 Å². The van der Waals surface area contributed by atoms with E-state index in [-0.39, 0.29) is 22.7 Å². The Morgan fingerprint density at radius 3 is 2.71 bits per heavy atom. The Morgan fingerprint density at radius 1 is 1.42 bits per heavy atom. The summed E-state index contributed by atoms with van der Waals surface area (Å²) in [6, 6.07) is 4.50. The van der Waals surface area contributed by atoms with Gasteiger partial charge < -0.3 is 10.1 Å². The predicted molar refractivity (Wildman–Crippen MR) is 95.5 cm³/mol. The lowest BCUT2D eigenvalue weighted by molar-refractivity contribution is -0.125. The average Bonchev–Trinajstić information content (AvgIpc) is 2.50. The van der Waals surface area contributed by atoms with Gasteiger partial charge in [0.1, 0.15) is 11.3 Å². The second-order valence-corrected chi connectivity index (χ2v) is 7.17. The van der Waals surface area contributed by atoms with Gasteiger partial charge in [0.25, 0.3) is 5.91 Å². The fourth-order valence-electron chi connectivity index (χ4n) is 2.09. The van der Waals surface area contributed by atoms with Crippen molar-refractivity contribution < 1.29 is 13.9 Å². The van der Waals surface area contributed by atoms with E-state index in [1.165, 1.54) is 24.0 Å². The van der Waals surface area contributed by atoms with Gasteiger partial charge in [0.15, 0.2) is 5.82 Å². The maximum absolute atomic E-state index is 14.2. The molecule has 2 aromatic rings. The number of fused-ring (bicyclic) bond motifs is 1. The van der Waals surface area contributed by atoms with Gasteiger partial charge in [0.2, 0.25) is 5.44 Å². The number of carbonyl (C=O) groups is 1. The van der Waals surface area contributed by atoms with Crippen LogP contribution in [0.2, 0.25) is 0 Å². The lowest BCUT2D eigenvalue weighted by atomic mass is 10.1. The quantitative estimate of drug-likeness (QED) is 0.681. The van der Waals surface area contributed by atoms with E-state index in [1.54, 1.807) is 18.4 Å². The standard InChI is InChI=1S/C18H19FN2O2S/c1-6-11-7-12-8-13(9-14(19)15(12)20-10-11)23-17(24-5)16(22)21-18(2,3)4/h1,7-10,17H,2-5H3,(H,21,22). The molecule has 0 aliphatic rings. The molecular weight excluding hydrogens is 327 g/mol. The minimum Gasteiger partial charge on any atom is -0.470 e. The number of halogens is 1. The van der Waals surface area contributed by atoms with Crippen LogP contribution in [0.5, 0.6) is 5.75 Å². The summed E-state index contributed by atoms with van der Waals surface area (Å²) >= 11 is 1.23. The molecule has 24 heavy (non-hydrogen) atoms. The van der Waals surface area contributed by atoms with Crippen molar-refractivity contribution in [2.75, 3.05) is 6.26 Å². The van der Waals surface area contributed by atoms with E-state index in [0.29, 0.717) is 10.9 Å². The van der Waals surface area contributed by atoms with Gasteiger partial charge in [-0.25, -0.2) is 4.39 Å². The monoisotopic (exact) mass is 346 g/mol. The SMILES string of the molecule is C#Cc1cnc2c(F)cc(OC(SC)C(=O)NC(C)(C)C)cc2c1. The Bertz CT molecular complexity index is 809. The zero-order valence-electron chi connectivity index (χ0n) is 14.0. The number of pyridine rings is 1. The molecule has 1 heterocycles. The van der Waals surface area contributed by atoms with Crippen molar-refractivity contribution >= 4 is 28.6 Å². The number of rotatable bonds is 4. The van der Waals surface area contributed by atoms with Gasteiger partial charge in [-0.1, -0.05) is 5.92 Å². The third kappa shape index (κ3) is 4.39. The van der Waals surface area contributed by atoms with E-state index in [9.17, 15) is 9.18 Å². The molecule has 1 N–H and O–H groups in total. The number of hydrogen-bond donors (Lipinski definition) is 1. The van der Waals surface area contributed by atoms with Crippen molar-refractivity contribution in [1.82, 2.24) is 10.3 Å². The summed E-state index contributed by atoms with van der Waals surface area (Å²) in [6.07, 6.45) is 8.54. The number of hydrogen-bond acceptors (Lipinski definition) is 4. The zero-order chi connectivity index (χ0) is 17.9. The molecule has 0 spiro atoms. The molecule has 0 fully saturated rings. The van der Waals surface area contributed by atoms with Gasteiger partial charge in [-0.3, -0.25) is 9.78 Å². The van der Waals surface area contributed by atoms with Crippen LogP contribution in [0.3, 0.4) is 0 Å². The highest BCUT2D eigenvalue weighted by molar-refractivity contribution is 7.99. The van der Waals surface area contributed by atoms with Crippen LogP contribution in [0.4, 0.5) is 4.39 Å². The molecule has 0 radical (unpaired) electrons. The first-order valence-corrected chi connectivity index (χ1v) is 8.59. The summed E-state index contributed by atoms with van der Waals surface area (Å²) in [5.41, 5.74) is -0.411. The van der Waals surface area contributed by atoms with Crippen LogP contribution < -0.4 is 10.1 Å². The van der Waals surface area contributed by atoms with Crippen molar-refractivity contribution in [3.05, 3.63) is 35.8 Å². The summed E-state index contributed by atoms with van der Waals surface area (Å²) in [4.78, 5) is 16.3. The first-order valence-electron chi connectivity index (χ1n) is 7.31. The molecule has 4 nitrogen and oxygen atoms in total. The predicted octanol–water partition coefficient (Wildman–Crippen LogP) is 3.34. The van der Waals surface area contributed by atoms with Gasteiger partial charge in [0.05, 0.1) is 0 Å². The number of aromatic nitrogens is 1. The van der Waals surface area contributed by atoms with E-state index in [0.717, 1.165) is 0 Å². The fourth-order valence-corrected chi connectivity index (χ4v) is 2.57. The van der Waals surface area contributed by atoms with Crippen LogP contribution in [0.1, 0.15) is 26.3 Å². The number of carbonyl (C=O) groups excluding carboxylic acids is 1. The molecule has 126 valence electrons. The topological polar surface area (TPSA) is 51.2 Å². The minimum absolute atomic E-state index is 0.209. The fraction of sp³-hybridized carbons (Fsp3) is 0.333. The number of nitrogens with one attached hydrogen (secondary N) is 1. The molecule has 0 saturated heterocycles. The highest BCUT2D eigenvalue weighted by atomic mass is 32.2. The van der Waals surface area contributed by atoms with Gasteiger partial charge >= 0.3 is 0 Å². The zero-order valence-corrected chi connectivity index (χ0v) is 14.8. The van der Waals surface area contributed by atoms with Crippen molar-refractivity contribution in [3.63, 3.8) is 0 Å². The van der Waals surface area contributed by atoms with Crippen LogP contribution >= 0.6 is 11.8 Å². The third-order valence-corrected chi connectivity index (χ3v) is 3.78. The van der Waals surface area contributed by atoms with E-state index < -0.39 is 11.3 Å². The maximum atomic E-state index is 14.2. The molecule has 2 rings (SSSR count). The molecule has 1 atom stereocenters. The van der Waals surface area contributed by atoms with E-state index in [4.69, 9.17) is 11.2 Å². The Labute approximate surface area is 145 Å². The average molecular weight is 346 g/mol. The molecule has 0 bridgehead atoms. The van der Waals surface area contributed by atoms with Crippen molar-refractivity contribution in [3.8, 4) is 18.1 Å². The summed E-state index contributed by atoms with van der Waals surface area (Å²) in [5.74, 6) is 1.91. The van der Waals surface area contributed by atoms with E-state index in [1.807, 2.05) is 20.8 Å². The Hall–Kier alpha value is -2.26. The number of amides is 1. The first-order chi connectivity index (χ1) is 11.2. The molecule has 1 amide bonds. The lowest BCUT2D eigenvalue weighted by Gasteiger charge is -2.24. The van der Waals surface area contributed by atoms with Gasteiger partial charge in [-0.2, -0.15) is 0 Å². The molecule has 1 aromatic carbocycles. The number of terminal acetylenes is 1. The molecule has 0 aliphatic heterocycles. The molecule has 0 saturated carbocycles. The Balaban J connectivity index is 2.31. The van der Waals surface area contributed by atoms with Crippen molar-refractivity contribution in [2.24, 2.45) is 0 Å². The van der Waals surface area contributed by atoms with Crippen LogP contribution in [0.25, 0.3) is 10.9 Å². The second kappa shape index (κ2) is 7.10. The summed E-state index contributed by atoms with van der Waals surface area (Å²) in [7, 11) is 0. The van der Waals surface area contributed by atoms with Crippen LogP contribution in [-0.4, -0.2) is 28.1 Å². The first kappa shape index (κ1) is 18.1. The summed E-state index contributed by atoms with van der Waals surface area (Å²) in [5, 5.41) is 3.37. The van der Waals surface area contributed by atoms with E-state index >= 15 is 0 Å². The maximum Gasteiger partial charge on any atom is 0.272 e. The molecule has 6 heteroatoms. The minimum atomic E-state index is -0.787. The van der Waals surface area contributed by atoms with Gasteiger partial charge in [-0.15, -0.1) is 18.2 Å². The van der Waals surface area contributed by atoms with Crippen LogP contribution in [0, 0.1) is 18.2 Å². The van der Waals surface area contributed by atoms with Crippen molar-refractivity contribution in [1.29, 1.82) is 0 Å². The number of thioether (sulfide) groups is 1. The number of nitrogens with zero attached hydrogens (tertiary/aromatic N) is 1. The van der Waals surface area contributed by atoms with Gasteiger partial charge in [-0.05, 0) is 39.2 Å². The third-order valence-electron chi connectivity index (χ3n) is 3.05. The van der Waals surface area contributed by atoms with Crippen LogP contribution in [0.15, 0.2) is 24.4 Å². The molecule has 1 aromatic heterocycles. The summed E-state index contributed by atoms with van der Waals surface area (Å²) < 4.78 is 19.9. The second-order valence-electron chi connectivity index (χ2n) is 6.27. The Morgan fingerprint density at radius 2 is 2.12 bits per heavy atom. The number of benzene rings is 1. The summed E-state index contributed by atoms with van der Waals surface area (Å²) in [6.45, 7) is 5.64. The highest BCUT2D eigenvalue weighted by Gasteiger charge is 2.24. The highest BCUT2D eigenvalue weighted by Crippen LogP contribution is 2.26. The van der Waals surface area contributed by atoms with Crippen LogP contribution in [-0.2, 0) is 4.79 Å². The van der Waals surface area contributed by atoms with E-state index in [2.05, 4.69) is 16.2 Å². The molecule has 1 unspecified atom stereocenters. The largest absolute Gasteiger partial charge is 0.470 e. The lowest BCUT2D eigenvalue weighted by Crippen LogP contribution is -2.46. The normalized spacial score (nSPS) is 12.5.